The molecule has 0 spiro atoms. The zero-order valence-corrected chi connectivity index (χ0v) is 13.4. The molecular formula is C18H27NO2. The van der Waals surface area contributed by atoms with Crippen molar-refractivity contribution in [2.24, 2.45) is 5.41 Å². The van der Waals surface area contributed by atoms with E-state index in [1.54, 1.807) is 0 Å². The summed E-state index contributed by atoms with van der Waals surface area (Å²) in [6.07, 6.45) is 4.94. The van der Waals surface area contributed by atoms with Gasteiger partial charge in [-0.05, 0) is 50.2 Å². The van der Waals surface area contributed by atoms with E-state index in [1.165, 1.54) is 18.4 Å². The average molecular weight is 289 g/mol. The van der Waals surface area contributed by atoms with E-state index in [0.29, 0.717) is 18.0 Å². The van der Waals surface area contributed by atoms with Crippen molar-refractivity contribution < 1.29 is 9.90 Å². The van der Waals surface area contributed by atoms with Crippen LogP contribution in [-0.2, 0) is 4.79 Å². The van der Waals surface area contributed by atoms with Crippen LogP contribution in [0.2, 0.25) is 0 Å². The Bertz CT molecular complexity index is 468. The molecule has 1 aromatic carbocycles. The molecule has 2 rings (SSSR count). The second-order valence-electron chi connectivity index (χ2n) is 7.07. The highest BCUT2D eigenvalue weighted by molar-refractivity contribution is 5.67. The molecule has 0 unspecified atom stereocenters. The molecule has 3 heteroatoms. The van der Waals surface area contributed by atoms with Gasteiger partial charge in [0.15, 0.2) is 0 Å². The minimum absolute atomic E-state index is 0.202. The van der Waals surface area contributed by atoms with Crippen molar-refractivity contribution >= 4 is 11.7 Å². The molecule has 1 aliphatic carbocycles. The van der Waals surface area contributed by atoms with Crippen LogP contribution < -0.4 is 4.90 Å². The van der Waals surface area contributed by atoms with Crippen LogP contribution in [0.1, 0.15) is 51.5 Å². The summed E-state index contributed by atoms with van der Waals surface area (Å²) < 4.78 is 0. The number of aryl methyl sites for hydroxylation is 1. The molecule has 0 radical (unpaired) electrons. The Morgan fingerprint density at radius 1 is 1.24 bits per heavy atom. The van der Waals surface area contributed by atoms with Crippen LogP contribution in [0.3, 0.4) is 0 Å². The number of carboxylic acids is 1. The molecule has 0 aliphatic heterocycles. The lowest BCUT2D eigenvalue weighted by Crippen LogP contribution is -2.41. The molecule has 116 valence electrons. The Morgan fingerprint density at radius 3 is 2.33 bits per heavy atom. The van der Waals surface area contributed by atoms with Gasteiger partial charge < -0.3 is 10.0 Å². The smallest absolute Gasteiger partial charge is 0.305 e. The molecule has 0 bridgehead atoms. The number of aliphatic carboxylic acids is 1. The SMILES string of the molecule is Cc1ccc(N(CCC(=O)O)C2CCC(C)(C)CC2)cc1. The van der Waals surface area contributed by atoms with E-state index in [9.17, 15) is 4.79 Å². The Balaban J connectivity index is 2.12. The lowest BCUT2D eigenvalue weighted by Gasteiger charge is -2.41. The number of carboxylic acid groups (broad SMARTS) is 1. The van der Waals surface area contributed by atoms with Crippen molar-refractivity contribution in [2.75, 3.05) is 11.4 Å². The molecule has 1 aromatic rings. The molecule has 0 atom stereocenters. The normalized spacial score (nSPS) is 18.4. The third-order valence-electron chi connectivity index (χ3n) is 4.68. The molecule has 1 saturated carbocycles. The molecule has 3 nitrogen and oxygen atoms in total. The van der Waals surface area contributed by atoms with Gasteiger partial charge in [0.05, 0.1) is 6.42 Å². The summed E-state index contributed by atoms with van der Waals surface area (Å²) in [7, 11) is 0. The van der Waals surface area contributed by atoms with Crippen molar-refractivity contribution in [1.82, 2.24) is 0 Å². The van der Waals surface area contributed by atoms with E-state index in [4.69, 9.17) is 5.11 Å². The van der Waals surface area contributed by atoms with Crippen LogP contribution in [-0.4, -0.2) is 23.7 Å². The van der Waals surface area contributed by atoms with E-state index >= 15 is 0 Å². The molecule has 21 heavy (non-hydrogen) atoms. The average Bonchev–Trinajstić information content (AvgIpc) is 2.42. The predicted octanol–water partition coefficient (Wildman–Crippen LogP) is 4.24. The van der Waals surface area contributed by atoms with Gasteiger partial charge in [0.1, 0.15) is 0 Å². The van der Waals surface area contributed by atoms with Crippen LogP contribution in [0.4, 0.5) is 5.69 Å². The van der Waals surface area contributed by atoms with Crippen LogP contribution in [0.5, 0.6) is 0 Å². The van der Waals surface area contributed by atoms with Crippen molar-refractivity contribution in [3.63, 3.8) is 0 Å². The lowest BCUT2D eigenvalue weighted by atomic mass is 9.75. The predicted molar refractivity (Wildman–Crippen MR) is 86.8 cm³/mol. The van der Waals surface area contributed by atoms with Crippen molar-refractivity contribution in [3.8, 4) is 0 Å². The second-order valence-corrected chi connectivity index (χ2v) is 7.07. The van der Waals surface area contributed by atoms with Gasteiger partial charge in [0.2, 0.25) is 0 Å². The van der Waals surface area contributed by atoms with Gasteiger partial charge in [0.25, 0.3) is 0 Å². The highest BCUT2D eigenvalue weighted by Crippen LogP contribution is 2.38. The maximum absolute atomic E-state index is 10.9. The van der Waals surface area contributed by atoms with Crippen molar-refractivity contribution in [2.45, 2.75) is 58.9 Å². The fraction of sp³-hybridized carbons (Fsp3) is 0.611. The fourth-order valence-corrected chi connectivity index (χ4v) is 3.17. The summed E-state index contributed by atoms with van der Waals surface area (Å²) in [6, 6.07) is 8.93. The molecule has 0 saturated heterocycles. The fourth-order valence-electron chi connectivity index (χ4n) is 3.17. The first-order chi connectivity index (χ1) is 9.87. The number of hydrogen-bond donors (Lipinski definition) is 1. The van der Waals surface area contributed by atoms with Crippen molar-refractivity contribution in [1.29, 1.82) is 0 Å². The van der Waals surface area contributed by atoms with Gasteiger partial charge in [-0.15, -0.1) is 0 Å². The quantitative estimate of drug-likeness (QED) is 0.881. The Labute approximate surface area is 128 Å². The van der Waals surface area contributed by atoms with Gasteiger partial charge in [0, 0.05) is 18.3 Å². The van der Waals surface area contributed by atoms with E-state index in [-0.39, 0.29) is 6.42 Å². The maximum Gasteiger partial charge on any atom is 0.305 e. The topological polar surface area (TPSA) is 40.5 Å². The first kappa shape index (κ1) is 15.9. The van der Waals surface area contributed by atoms with Gasteiger partial charge in [-0.1, -0.05) is 31.5 Å². The summed E-state index contributed by atoms with van der Waals surface area (Å²) in [5.41, 5.74) is 2.83. The van der Waals surface area contributed by atoms with E-state index in [2.05, 4.69) is 49.9 Å². The monoisotopic (exact) mass is 289 g/mol. The Morgan fingerprint density at radius 2 is 1.81 bits per heavy atom. The molecule has 1 fully saturated rings. The number of nitrogens with zero attached hydrogens (tertiary/aromatic N) is 1. The minimum Gasteiger partial charge on any atom is -0.481 e. The van der Waals surface area contributed by atoms with Gasteiger partial charge in [-0.2, -0.15) is 0 Å². The first-order valence-electron chi connectivity index (χ1n) is 7.92. The Hall–Kier alpha value is -1.51. The van der Waals surface area contributed by atoms with Crippen LogP contribution in [0, 0.1) is 12.3 Å². The summed E-state index contributed by atoms with van der Waals surface area (Å²) in [5, 5.41) is 9.01. The van der Waals surface area contributed by atoms with E-state index in [0.717, 1.165) is 18.5 Å². The molecule has 0 amide bonds. The van der Waals surface area contributed by atoms with Crippen molar-refractivity contribution in [3.05, 3.63) is 29.8 Å². The first-order valence-corrected chi connectivity index (χ1v) is 7.92. The molecule has 0 heterocycles. The van der Waals surface area contributed by atoms with Gasteiger partial charge >= 0.3 is 5.97 Å². The lowest BCUT2D eigenvalue weighted by molar-refractivity contribution is -0.136. The molecule has 0 aromatic heterocycles. The van der Waals surface area contributed by atoms with Crippen LogP contribution in [0.25, 0.3) is 0 Å². The second kappa shape index (κ2) is 6.50. The zero-order chi connectivity index (χ0) is 15.5. The third-order valence-corrected chi connectivity index (χ3v) is 4.68. The van der Waals surface area contributed by atoms with Gasteiger partial charge in [-0.25, -0.2) is 0 Å². The zero-order valence-electron chi connectivity index (χ0n) is 13.4. The van der Waals surface area contributed by atoms with E-state index < -0.39 is 5.97 Å². The maximum atomic E-state index is 10.9. The number of hydrogen-bond acceptors (Lipinski definition) is 2. The van der Waals surface area contributed by atoms with E-state index in [1.807, 2.05) is 0 Å². The van der Waals surface area contributed by atoms with Crippen LogP contribution >= 0.6 is 0 Å². The number of anilines is 1. The van der Waals surface area contributed by atoms with Gasteiger partial charge in [-0.3, -0.25) is 4.79 Å². The minimum atomic E-state index is -0.719. The summed E-state index contributed by atoms with van der Waals surface area (Å²) in [5.74, 6) is -0.719. The summed E-state index contributed by atoms with van der Waals surface area (Å²) in [4.78, 5) is 13.3. The number of carbonyl (C=O) groups is 1. The largest absolute Gasteiger partial charge is 0.481 e. The third kappa shape index (κ3) is 4.48. The number of rotatable bonds is 5. The molecule has 1 aliphatic rings. The summed E-state index contributed by atoms with van der Waals surface area (Å²) >= 11 is 0. The molecule has 1 N–H and O–H groups in total. The highest BCUT2D eigenvalue weighted by atomic mass is 16.4. The summed E-state index contributed by atoms with van der Waals surface area (Å²) in [6.45, 7) is 7.34. The van der Waals surface area contributed by atoms with Crippen LogP contribution in [0.15, 0.2) is 24.3 Å². The Kier molecular flexibility index (Phi) is 4.92. The number of benzene rings is 1. The highest BCUT2D eigenvalue weighted by Gasteiger charge is 2.30. The standard InChI is InChI=1S/C18H27NO2/c1-14-4-6-15(7-5-14)19(13-10-17(20)21)16-8-11-18(2,3)12-9-16/h4-7,16H,8-13H2,1-3H3,(H,20,21). The molecular weight excluding hydrogens is 262 g/mol.